The van der Waals surface area contributed by atoms with E-state index in [2.05, 4.69) is 20.9 Å². The van der Waals surface area contributed by atoms with Gasteiger partial charge in [-0.05, 0) is 55.8 Å². The second-order valence-corrected chi connectivity index (χ2v) is 5.82. The molecular weight excluding hydrogens is 304 g/mol. The molecule has 0 bridgehead atoms. The van der Waals surface area contributed by atoms with Crippen molar-refractivity contribution >= 4 is 23.2 Å². The lowest BCUT2D eigenvalue weighted by atomic mass is 10.1. The normalized spacial score (nSPS) is 16.6. The van der Waals surface area contributed by atoms with Crippen LogP contribution in [-0.2, 0) is 4.79 Å². The smallest absolute Gasteiger partial charge is 0.255 e. The second kappa shape index (κ2) is 7.70. The van der Waals surface area contributed by atoms with E-state index in [1.165, 1.54) is 0 Å². The van der Waals surface area contributed by atoms with E-state index in [4.69, 9.17) is 0 Å². The molecule has 1 aromatic heterocycles. The van der Waals surface area contributed by atoms with Crippen LogP contribution in [0.4, 0.5) is 11.4 Å². The summed E-state index contributed by atoms with van der Waals surface area (Å²) in [6.45, 7) is 0.985. The second-order valence-electron chi connectivity index (χ2n) is 5.82. The number of nitrogens with one attached hydrogen (secondary N) is 3. The molecule has 1 unspecified atom stereocenters. The Hall–Kier alpha value is -2.73. The molecule has 2 aromatic rings. The molecule has 6 nitrogen and oxygen atoms in total. The highest BCUT2D eigenvalue weighted by atomic mass is 16.2. The fraction of sp³-hybridized carbons (Fsp3) is 0.278. The molecule has 2 heterocycles. The van der Waals surface area contributed by atoms with Crippen LogP contribution in [0.1, 0.15) is 29.6 Å². The molecule has 1 aromatic carbocycles. The minimum atomic E-state index is -0.212. The molecule has 2 amide bonds. The van der Waals surface area contributed by atoms with Crippen LogP contribution in [-0.4, -0.2) is 29.4 Å². The number of anilines is 2. The molecule has 0 saturated carbocycles. The van der Waals surface area contributed by atoms with E-state index in [0.717, 1.165) is 19.4 Å². The Morgan fingerprint density at radius 3 is 2.62 bits per heavy atom. The van der Waals surface area contributed by atoms with Crippen molar-refractivity contribution in [2.75, 3.05) is 17.2 Å². The molecule has 124 valence electrons. The third-order valence-electron chi connectivity index (χ3n) is 3.94. The fourth-order valence-electron chi connectivity index (χ4n) is 2.71. The van der Waals surface area contributed by atoms with Crippen molar-refractivity contribution in [1.29, 1.82) is 0 Å². The van der Waals surface area contributed by atoms with Gasteiger partial charge in [-0.2, -0.15) is 0 Å². The lowest BCUT2D eigenvalue weighted by Crippen LogP contribution is -2.27. The summed E-state index contributed by atoms with van der Waals surface area (Å²) in [6.07, 6.45) is 5.88. The van der Waals surface area contributed by atoms with Crippen LogP contribution in [0.3, 0.4) is 0 Å². The molecule has 3 N–H and O–H groups in total. The Kier molecular flexibility index (Phi) is 5.18. The number of carbonyl (C=O) groups is 2. The van der Waals surface area contributed by atoms with Crippen LogP contribution in [0, 0.1) is 0 Å². The maximum Gasteiger partial charge on any atom is 0.255 e. The largest absolute Gasteiger partial charge is 0.326 e. The topological polar surface area (TPSA) is 83.1 Å². The average molecular weight is 324 g/mol. The van der Waals surface area contributed by atoms with Gasteiger partial charge in [-0.15, -0.1) is 0 Å². The molecule has 1 fully saturated rings. The van der Waals surface area contributed by atoms with E-state index in [1.807, 2.05) is 0 Å². The number of nitrogens with zero attached hydrogens (tertiary/aromatic N) is 1. The summed E-state index contributed by atoms with van der Waals surface area (Å²) < 4.78 is 0. The van der Waals surface area contributed by atoms with Gasteiger partial charge in [0.2, 0.25) is 5.91 Å². The molecule has 0 radical (unpaired) electrons. The average Bonchev–Trinajstić information content (AvgIpc) is 3.09. The zero-order valence-corrected chi connectivity index (χ0v) is 13.3. The Labute approximate surface area is 140 Å². The first-order valence-corrected chi connectivity index (χ1v) is 8.05. The van der Waals surface area contributed by atoms with E-state index in [0.29, 0.717) is 23.4 Å². The van der Waals surface area contributed by atoms with E-state index in [9.17, 15) is 9.59 Å². The van der Waals surface area contributed by atoms with Gasteiger partial charge in [0.1, 0.15) is 0 Å². The molecular formula is C18H20N4O2. The number of rotatable bonds is 5. The number of hydrogen-bond donors (Lipinski definition) is 3. The molecule has 1 aliphatic rings. The van der Waals surface area contributed by atoms with Crippen LogP contribution < -0.4 is 16.0 Å². The Morgan fingerprint density at radius 2 is 1.96 bits per heavy atom. The molecule has 0 spiro atoms. The van der Waals surface area contributed by atoms with Gasteiger partial charge in [-0.25, -0.2) is 0 Å². The Morgan fingerprint density at radius 1 is 1.12 bits per heavy atom. The van der Waals surface area contributed by atoms with Crippen molar-refractivity contribution in [3.63, 3.8) is 0 Å². The summed E-state index contributed by atoms with van der Waals surface area (Å²) in [4.78, 5) is 28.1. The Bertz CT molecular complexity index is 695. The quantitative estimate of drug-likeness (QED) is 0.789. The number of benzene rings is 1. The van der Waals surface area contributed by atoms with E-state index >= 15 is 0 Å². The minimum Gasteiger partial charge on any atom is -0.326 e. The molecule has 24 heavy (non-hydrogen) atoms. The summed E-state index contributed by atoms with van der Waals surface area (Å²) >= 11 is 0. The summed E-state index contributed by atoms with van der Waals surface area (Å²) in [7, 11) is 0. The summed E-state index contributed by atoms with van der Waals surface area (Å²) in [5.41, 5.74) is 1.86. The van der Waals surface area contributed by atoms with Gasteiger partial charge in [0, 0.05) is 29.9 Å². The predicted octanol–water partition coefficient (Wildman–Crippen LogP) is 2.41. The molecule has 1 atom stereocenters. The highest BCUT2D eigenvalue weighted by Crippen LogP contribution is 2.14. The van der Waals surface area contributed by atoms with Gasteiger partial charge < -0.3 is 16.0 Å². The monoisotopic (exact) mass is 324 g/mol. The van der Waals surface area contributed by atoms with Crippen LogP contribution in [0.15, 0.2) is 48.8 Å². The third-order valence-corrected chi connectivity index (χ3v) is 3.94. The van der Waals surface area contributed by atoms with Gasteiger partial charge in [0.15, 0.2) is 0 Å². The van der Waals surface area contributed by atoms with Crippen molar-refractivity contribution in [3.05, 3.63) is 54.4 Å². The van der Waals surface area contributed by atoms with Crippen molar-refractivity contribution in [2.45, 2.75) is 25.3 Å². The van der Waals surface area contributed by atoms with Crippen LogP contribution in [0.2, 0.25) is 0 Å². The van der Waals surface area contributed by atoms with Gasteiger partial charge in [-0.1, -0.05) is 0 Å². The molecule has 1 saturated heterocycles. The zero-order valence-electron chi connectivity index (χ0n) is 13.3. The van der Waals surface area contributed by atoms with E-state index < -0.39 is 0 Å². The number of aromatic nitrogens is 1. The summed E-state index contributed by atoms with van der Waals surface area (Å²) in [5.74, 6) is -0.224. The molecule has 1 aliphatic heterocycles. The lowest BCUT2D eigenvalue weighted by Gasteiger charge is -2.11. The van der Waals surface area contributed by atoms with Crippen molar-refractivity contribution < 1.29 is 9.59 Å². The number of carbonyl (C=O) groups excluding carboxylic acids is 2. The van der Waals surface area contributed by atoms with Gasteiger partial charge in [0.25, 0.3) is 5.91 Å². The summed E-state index contributed by atoms with van der Waals surface area (Å²) in [6, 6.07) is 10.7. The maximum absolute atomic E-state index is 12.1. The Balaban J connectivity index is 1.54. The van der Waals surface area contributed by atoms with E-state index in [-0.39, 0.29) is 17.9 Å². The van der Waals surface area contributed by atoms with Gasteiger partial charge >= 0.3 is 0 Å². The first-order valence-electron chi connectivity index (χ1n) is 8.05. The zero-order chi connectivity index (χ0) is 16.8. The molecule has 3 rings (SSSR count). The van der Waals surface area contributed by atoms with Gasteiger partial charge in [0.05, 0.1) is 11.9 Å². The first kappa shape index (κ1) is 16.1. The van der Waals surface area contributed by atoms with E-state index in [1.54, 1.807) is 48.8 Å². The standard InChI is InChI=1S/C18H20N4O2/c23-17(11-15-3-2-10-20-15)21-14-7-5-13(6-8-14)18(24)22-16-4-1-9-19-12-16/h1,4-9,12,15,20H,2-3,10-11H2,(H,21,23)(H,22,24). The highest BCUT2D eigenvalue weighted by Gasteiger charge is 2.17. The fourth-order valence-corrected chi connectivity index (χ4v) is 2.71. The van der Waals surface area contributed by atoms with Crippen LogP contribution >= 0.6 is 0 Å². The van der Waals surface area contributed by atoms with Crippen LogP contribution in [0.25, 0.3) is 0 Å². The minimum absolute atomic E-state index is 0.0121. The summed E-state index contributed by atoms with van der Waals surface area (Å²) in [5, 5.41) is 8.94. The number of pyridine rings is 1. The number of hydrogen-bond acceptors (Lipinski definition) is 4. The predicted molar refractivity (Wildman–Crippen MR) is 92.9 cm³/mol. The lowest BCUT2D eigenvalue weighted by molar-refractivity contribution is -0.116. The maximum atomic E-state index is 12.1. The first-order chi connectivity index (χ1) is 11.7. The highest BCUT2D eigenvalue weighted by molar-refractivity contribution is 6.04. The van der Waals surface area contributed by atoms with Crippen LogP contribution in [0.5, 0.6) is 0 Å². The SMILES string of the molecule is O=C(CC1CCCN1)Nc1ccc(C(=O)Nc2cccnc2)cc1. The number of amides is 2. The van der Waals surface area contributed by atoms with Crippen molar-refractivity contribution in [1.82, 2.24) is 10.3 Å². The van der Waals surface area contributed by atoms with Crippen molar-refractivity contribution in [2.24, 2.45) is 0 Å². The van der Waals surface area contributed by atoms with Crippen molar-refractivity contribution in [3.8, 4) is 0 Å². The molecule has 6 heteroatoms. The van der Waals surface area contributed by atoms with Gasteiger partial charge in [-0.3, -0.25) is 14.6 Å². The third kappa shape index (κ3) is 4.39. The molecule has 0 aliphatic carbocycles.